The lowest BCUT2D eigenvalue weighted by Gasteiger charge is -2.22. The van der Waals surface area contributed by atoms with Gasteiger partial charge >= 0.3 is 0 Å². The third kappa shape index (κ3) is 5.54. The molecule has 0 saturated heterocycles. The summed E-state index contributed by atoms with van der Waals surface area (Å²) in [4.78, 5) is 16.0. The van der Waals surface area contributed by atoms with E-state index in [1.165, 1.54) is 11.8 Å². The van der Waals surface area contributed by atoms with Gasteiger partial charge in [0, 0.05) is 24.5 Å². The Morgan fingerprint density at radius 2 is 2.25 bits per heavy atom. The first-order chi connectivity index (χ1) is 9.34. The van der Waals surface area contributed by atoms with Crippen LogP contribution in [0.2, 0.25) is 0 Å². The molecule has 0 radical (unpaired) electrons. The monoisotopic (exact) mass is 299 g/mol. The van der Waals surface area contributed by atoms with Crippen LogP contribution in [-0.2, 0) is 10.3 Å². The third-order valence-electron chi connectivity index (χ3n) is 2.93. The van der Waals surface area contributed by atoms with E-state index >= 15 is 0 Å². The van der Waals surface area contributed by atoms with Crippen molar-refractivity contribution in [2.75, 3.05) is 12.3 Å². The molecule has 0 aliphatic rings. The summed E-state index contributed by atoms with van der Waals surface area (Å²) in [7, 11) is 0. The molecule has 1 rings (SSSR count). The molecule has 1 atom stereocenters. The van der Waals surface area contributed by atoms with Gasteiger partial charge in [0.15, 0.2) is 5.16 Å². The van der Waals surface area contributed by atoms with Crippen LogP contribution in [-0.4, -0.2) is 39.0 Å². The van der Waals surface area contributed by atoms with Crippen LogP contribution in [0.15, 0.2) is 17.6 Å². The number of imidazole rings is 1. The average Bonchev–Trinajstić information content (AvgIpc) is 2.84. The van der Waals surface area contributed by atoms with Gasteiger partial charge in [0.05, 0.1) is 11.9 Å². The molecular weight excluding hydrogens is 274 g/mol. The highest BCUT2D eigenvalue weighted by Gasteiger charge is 2.17. The standard InChI is InChI=1S/C14H25N3O2S/c1-5-11(18)6-7-15-12(19)10-20-13-16-8-9-17(13)14(2,3)4/h8-9,11,18H,5-7,10H2,1-4H3,(H,15,19). The van der Waals surface area contributed by atoms with Crippen molar-refractivity contribution >= 4 is 17.7 Å². The fourth-order valence-electron chi connectivity index (χ4n) is 1.67. The number of carbonyl (C=O) groups is 1. The van der Waals surface area contributed by atoms with E-state index in [4.69, 9.17) is 0 Å². The largest absolute Gasteiger partial charge is 0.393 e. The lowest BCUT2D eigenvalue weighted by molar-refractivity contribution is -0.118. The van der Waals surface area contributed by atoms with E-state index < -0.39 is 0 Å². The van der Waals surface area contributed by atoms with Crippen molar-refractivity contribution < 1.29 is 9.90 Å². The van der Waals surface area contributed by atoms with E-state index in [0.29, 0.717) is 25.1 Å². The van der Waals surface area contributed by atoms with Crippen LogP contribution in [0.4, 0.5) is 0 Å². The van der Waals surface area contributed by atoms with Gasteiger partial charge in [0.25, 0.3) is 0 Å². The molecule has 0 fully saturated rings. The molecule has 20 heavy (non-hydrogen) atoms. The maximum atomic E-state index is 11.7. The van der Waals surface area contributed by atoms with Gasteiger partial charge in [-0.15, -0.1) is 0 Å². The average molecular weight is 299 g/mol. The fourth-order valence-corrected chi connectivity index (χ4v) is 2.64. The first kappa shape index (κ1) is 17.0. The van der Waals surface area contributed by atoms with Gasteiger partial charge in [-0.05, 0) is 33.6 Å². The van der Waals surface area contributed by atoms with Crippen molar-refractivity contribution in [2.24, 2.45) is 0 Å². The summed E-state index contributed by atoms with van der Waals surface area (Å²) in [5.41, 5.74) is -0.0411. The lowest BCUT2D eigenvalue weighted by Crippen LogP contribution is -2.29. The zero-order valence-corrected chi connectivity index (χ0v) is 13.5. The summed E-state index contributed by atoms with van der Waals surface area (Å²) in [6, 6.07) is 0. The molecule has 1 unspecified atom stereocenters. The number of aliphatic hydroxyl groups is 1. The third-order valence-corrected chi connectivity index (χ3v) is 3.90. The molecule has 2 N–H and O–H groups in total. The van der Waals surface area contributed by atoms with E-state index in [0.717, 1.165) is 5.16 Å². The fraction of sp³-hybridized carbons (Fsp3) is 0.714. The van der Waals surface area contributed by atoms with Crippen LogP contribution in [0.1, 0.15) is 40.5 Å². The predicted molar refractivity (Wildman–Crippen MR) is 81.9 cm³/mol. The SMILES string of the molecule is CCC(O)CCNC(=O)CSc1nccn1C(C)(C)C. The van der Waals surface area contributed by atoms with Crippen LogP contribution >= 0.6 is 11.8 Å². The molecule has 1 aromatic heterocycles. The summed E-state index contributed by atoms with van der Waals surface area (Å²) in [6.07, 6.45) is 4.67. The van der Waals surface area contributed by atoms with E-state index in [9.17, 15) is 9.90 Å². The zero-order valence-electron chi connectivity index (χ0n) is 12.7. The van der Waals surface area contributed by atoms with Crippen molar-refractivity contribution in [3.63, 3.8) is 0 Å². The number of nitrogens with zero attached hydrogens (tertiary/aromatic N) is 2. The molecule has 0 aliphatic heterocycles. The van der Waals surface area contributed by atoms with Crippen LogP contribution in [0.25, 0.3) is 0 Å². The molecule has 1 heterocycles. The number of nitrogens with one attached hydrogen (secondary N) is 1. The van der Waals surface area contributed by atoms with Gasteiger partial charge in [-0.25, -0.2) is 4.98 Å². The number of thioether (sulfide) groups is 1. The van der Waals surface area contributed by atoms with Crippen molar-refractivity contribution in [1.29, 1.82) is 0 Å². The molecule has 1 amide bonds. The maximum Gasteiger partial charge on any atom is 0.230 e. The molecule has 5 nitrogen and oxygen atoms in total. The van der Waals surface area contributed by atoms with Crippen molar-refractivity contribution in [3.05, 3.63) is 12.4 Å². The molecular formula is C14H25N3O2S. The van der Waals surface area contributed by atoms with E-state index in [-0.39, 0.29) is 17.6 Å². The molecule has 0 spiro atoms. The number of carbonyl (C=O) groups excluding carboxylic acids is 1. The minimum absolute atomic E-state index is 0.0261. The topological polar surface area (TPSA) is 67.2 Å². The van der Waals surface area contributed by atoms with Gasteiger partial charge in [0.2, 0.25) is 5.91 Å². The Kier molecular flexibility index (Phi) is 6.55. The van der Waals surface area contributed by atoms with E-state index in [1.54, 1.807) is 6.20 Å². The minimum atomic E-state index is -0.331. The summed E-state index contributed by atoms with van der Waals surface area (Å²) < 4.78 is 2.06. The summed E-state index contributed by atoms with van der Waals surface area (Å²) in [5.74, 6) is 0.316. The Labute approximate surface area is 125 Å². The van der Waals surface area contributed by atoms with Crippen LogP contribution in [0, 0.1) is 0 Å². The van der Waals surface area contributed by atoms with Gasteiger partial charge in [-0.1, -0.05) is 18.7 Å². The Morgan fingerprint density at radius 1 is 1.55 bits per heavy atom. The second-order valence-corrected chi connectivity index (χ2v) is 6.68. The van der Waals surface area contributed by atoms with Gasteiger partial charge in [-0.3, -0.25) is 4.79 Å². The number of amides is 1. The highest BCUT2D eigenvalue weighted by Crippen LogP contribution is 2.23. The first-order valence-electron chi connectivity index (χ1n) is 6.96. The minimum Gasteiger partial charge on any atom is -0.393 e. The van der Waals surface area contributed by atoms with Gasteiger partial charge in [0.1, 0.15) is 0 Å². The maximum absolute atomic E-state index is 11.7. The number of rotatable bonds is 7. The molecule has 0 saturated carbocycles. The Hall–Kier alpha value is -1.01. The highest BCUT2D eigenvalue weighted by molar-refractivity contribution is 7.99. The number of aliphatic hydroxyl groups excluding tert-OH is 1. The number of hydrogen-bond acceptors (Lipinski definition) is 4. The summed E-state index contributed by atoms with van der Waals surface area (Å²) in [5, 5.41) is 13.1. The van der Waals surface area contributed by atoms with Crippen molar-refractivity contribution in [3.8, 4) is 0 Å². The smallest absolute Gasteiger partial charge is 0.230 e. The van der Waals surface area contributed by atoms with Crippen LogP contribution in [0.5, 0.6) is 0 Å². The molecule has 0 aliphatic carbocycles. The summed E-state index contributed by atoms with van der Waals surface area (Å²) in [6.45, 7) is 8.75. The quantitative estimate of drug-likeness (QED) is 0.756. The van der Waals surface area contributed by atoms with Gasteiger partial charge < -0.3 is 15.0 Å². The highest BCUT2D eigenvalue weighted by atomic mass is 32.2. The Balaban J connectivity index is 2.37. The molecule has 0 aromatic carbocycles. The Morgan fingerprint density at radius 3 is 2.85 bits per heavy atom. The lowest BCUT2D eigenvalue weighted by atomic mass is 10.1. The van der Waals surface area contributed by atoms with Crippen LogP contribution < -0.4 is 5.32 Å². The first-order valence-corrected chi connectivity index (χ1v) is 7.94. The molecule has 6 heteroatoms. The van der Waals surface area contributed by atoms with Crippen molar-refractivity contribution in [1.82, 2.24) is 14.9 Å². The summed E-state index contributed by atoms with van der Waals surface area (Å²) >= 11 is 1.43. The zero-order chi connectivity index (χ0) is 15.2. The number of aromatic nitrogens is 2. The van der Waals surface area contributed by atoms with Crippen molar-refractivity contribution in [2.45, 2.75) is 57.3 Å². The van der Waals surface area contributed by atoms with Crippen LogP contribution in [0.3, 0.4) is 0 Å². The van der Waals surface area contributed by atoms with E-state index in [2.05, 4.69) is 35.6 Å². The normalized spacial score (nSPS) is 13.2. The number of hydrogen-bond donors (Lipinski definition) is 2. The molecule has 114 valence electrons. The van der Waals surface area contributed by atoms with Gasteiger partial charge in [-0.2, -0.15) is 0 Å². The van der Waals surface area contributed by atoms with E-state index in [1.807, 2.05) is 13.1 Å². The Bertz CT molecular complexity index is 426. The second kappa shape index (κ2) is 7.69. The molecule has 1 aromatic rings. The predicted octanol–water partition coefficient (Wildman–Crippen LogP) is 2.01. The second-order valence-electron chi connectivity index (χ2n) is 5.74. The molecule has 0 bridgehead atoms.